The predicted octanol–water partition coefficient (Wildman–Crippen LogP) is 0.946. The van der Waals surface area contributed by atoms with Crippen molar-refractivity contribution in [3.8, 4) is 5.13 Å². The highest BCUT2D eigenvalue weighted by molar-refractivity contribution is 7.16. The first kappa shape index (κ1) is 10.7. The maximum absolute atomic E-state index is 10.9. The lowest BCUT2D eigenvalue weighted by molar-refractivity contribution is 0.100. The number of carbonyl (C=O) groups excluding carboxylic acids is 1. The van der Waals surface area contributed by atoms with Crippen molar-refractivity contribution < 1.29 is 4.79 Å². The van der Waals surface area contributed by atoms with Crippen LogP contribution in [0.5, 0.6) is 0 Å². The van der Waals surface area contributed by atoms with E-state index >= 15 is 0 Å². The fraction of sp³-hybridized carbons (Fsp3) is 0.333. The fourth-order valence-corrected chi connectivity index (χ4v) is 2.00. The molecule has 2 rings (SSSR count). The molecule has 0 saturated carbocycles. The first-order valence-electron chi connectivity index (χ1n) is 4.75. The molecule has 0 spiro atoms. The summed E-state index contributed by atoms with van der Waals surface area (Å²) < 4.78 is 1.63. The van der Waals surface area contributed by atoms with Gasteiger partial charge in [-0.3, -0.25) is 4.79 Å². The highest BCUT2D eigenvalue weighted by Crippen LogP contribution is 2.20. The summed E-state index contributed by atoms with van der Waals surface area (Å²) in [6.07, 6.45) is 2.93. The first-order valence-corrected chi connectivity index (χ1v) is 5.57. The van der Waals surface area contributed by atoms with E-state index in [1.807, 2.05) is 13.8 Å². The lowest BCUT2D eigenvalue weighted by Gasteiger charge is -2.04. The average molecular weight is 237 g/mol. The van der Waals surface area contributed by atoms with Gasteiger partial charge < -0.3 is 5.73 Å². The zero-order valence-corrected chi connectivity index (χ0v) is 9.73. The summed E-state index contributed by atoms with van der Waals surface area (Å²) in [6, 6.07) is 0. The molecule has 16 heavy (non-hydrogen) atoms. The second kappa shape index (κ2) is 4.01. The van der Waals surface area contributed by atoms with Gasteiger partial charge in [0.25, 0.3) is 5.91 Å². The molecule has 0 atom stereocenters. The quantitative estimate of drug-likeness (QED) is 0.860. The van der Waals surface area contributed by atoms with Crippen molar-refractivity contribution in [3.63, 3.8) is 0 Å². The summed E-state index contributed by atoms with van der Waals surface area (Å²) in [5.74, 6) is 0.573. The highest BCUT2D eigenvalue weighted by atomic mass is 32.1. The third kappa shape index (κ3) is 1.81. The highest BCUT2D eigenvalue weighted by Gasteiger charge is 2.14. The first-order chi connectivity index (χ1) is 7.59. The Labute approximate surface area is 96.1 Å². The van der Waals surface area contributed by atoms with Gasteiger partial charge in [-0.05, 0) is 0 Å². The van der Waals surface area contributed by atoms with Gasteiger partial charge in [-0.15, -0.1) is 0 Å². The van der Waals surface area contributed by atoms with Gasteiger partial charge in [0.1, 0.15) is 17.0 Å². The summed E-state index contributed by atoms with van der Waals surface area (Å²) in [4.78, 5) is 19.6. The Hall–Kier alpha value is -1.76. The maximum Gasteiger partial charge on any atom is 0.260 e. The molecule has 0 aliphatic rings. The molecular weight excluding hydrogens is 226 g/mol. The number of amides is 1. The number of primary amides is 1. The Morgan fingerprint density at radius 1 is 1.50 bits per heavy atom. The van der Waals surface area contributed by atoms with Crippen LogP contribution in [0, 0.1) is 0 Å². The van der Waals surface area contributed by atoms with E-state index in [-0.39, 0.29) is 5.92 Å². The molecule has 2 aromatic rings. The monoisotopic (exact) mass is 237 g/mol. The zero-order valence-electron chi connectivity index (χ0n) is 8.91. The number of hydrogen-bond donors (Lipinski definition) is 1. The second-order valence-corrected chi connectivity index (χ2v) is 4.57. The number of nitrogens with two attached hydrogens (primary N) is 1. The van der Waals surface area contributed by atoms with Gasteiger partial charge in [0.15, 0.2) is 0 Å². The molecule has 84 valence electrons. The van der Waals surface area contributed by atoms with Crippen molar-refractivity contribution in [2.45, 2.75) is 19.8 Å². The number of aromatic nitrogens is 4. The number of rotatable bonds is 3. The van der Waals surface area contributed by atoms with Crippen molar-refractivity contribution in [1.29, 1.82) is 0 Å². The average Bonchev–Trinajstić information content (AvgIpc) is 2.86. The van der Waals surface area contributed by atoms with E-state index in [1.54, 1.807) is 4.68 Å². The topological polar surface area (TPSA) is 86.7 Å². The molecule has 0 aliphatic heterocycles. The summed E-state index contributed by atoms with van der Waals surface area (Å²) in [7, 11) is 0. The van der Waals surface area contributed by atoms with Gasteiger partial charge in [0.2, 0.25) is 5.13 Å². The van der Waals surface area contributed by atoms with Crippen LogP contribution >= 0.6 is 11.3 Å². The van der Waals surface area contributed by atoms with Crippen LogP contribution in [-0.2, 0) is 0 Å². The Bertz CT molecular complexity index is 515. The molecule has 0 aliphatic carbocycles. The van der Waals surface area contributed by atoms with Crippen LogP contribution in [-0.4, -0.2) is 25.7 Å². The van der Waals surface area contributed by atoms with Crippen LogP contribution in [0.1, 0.15) is 35.3 Å². The second-order valence-electron chi connectivity index (χ2n) is 3.56. The minimum atomic E-state index is -0.477. The molecule has 0 radical (unpaired) electrons. The smallest absolute Gasteiger partial charge is 0.260 e. The van der Waals surface area contributed by atoms with Crippen LogP contribution in [0.3, 0.4) is 0 Å². The van der Waals surface area contributed by atoms with E-state index in [9.17, 15) is 4.79 Å². The van der Waals surface area contributed by atoms with Gasteiger partial charge in [-0.2, -0.15) is 9.78 Å². The fourth-order valence-electron chi connectivity index (χ4n) is 1.27. The number of hydrogen-bond acceptors (Lipinski definition) is 5. The Morgan fingerprint density at radius 3 is 2.81 bits per heavy atom. The van der Waals surface area contributed by atoms with Crippen molar-refractivity contribution in [2.24, 2.45) is 5.73 Å². The third-order valence-electron chi connectivity index (χ3n) is 2.01. The van der Waals surface area contributed by atoms with Crippen molar-refractivity contribution in [2.75, 3.05) is 0 Å². The molecule has 6 nitrogen and oxygen atoms in total. The Kier molecular flexibility index (Phi) is 2.69. The molecular formula is C9H11N5OS. The van der Waals surface area contributed by atoms with E-state index in [1.165, 1.54) is 23.9 Å². The molecule has 0 aromatic carbocycles. The van der Waals surface area contributed by atoms with Gasteiger partial charge in [0.05, 0.1) is 6.20 Å². The predicted molar refractivity (Wildman–Crippen MR) is 59.6 cm³/mol. The van der Waals surface area contributed by atoms with Gasteiger partial charge >= 0.3 is 0 Å². The zero-order chi connectivity index (χ0) is 11.7. The molecule has 7 heteroatoms. The maximum atomic E-state index is 10.9. The Balaban J connectivity index is 2.42. The van der Waals surface area contributed by atoms with Crippen LogP contribution in [0.25, 0.3) is 5.13 Å². The van der Waals surface area contributed by atoms with Crippen LogP contribution in [0.4, 0.5) is 0 Å². The van der Waals surface area contributed by atoms with Gasteiger partial charge in [-0.25, -0.2) is 9.97 Å². The lowest BCUT2D eigenvalue weighted by atomic mass is 10.2. The minimum absolute atomic E-state index is 0.239. The van der Waals surface area contributed by atoms with E-state index in [2.05, 4.69) is 15.1 Å². The van der Waals surface area contributed by atoms with E-state index < -0.39 is 5.91 Å². The summed E-state index contributed by atoms with van der Waals surface area (Å²) in [5.41, 5.74) is 5.16. The van der Waals surface area contributed by atoms with Crippen LogP contribution in [0.15, 0.2) is 12.5 Å². The molecule has 2 heterocycles. The standard InChI is InChI=1S/C9H11N5OS/c1-5(2)8-12-4-13-14(8)9-11-3-6(16-9)7(10)15/h3-5H,1-2H3,(H2,10,15). The number of thiazole rings is 1. The summed E-state index contributed by atoms with van der Waals surface area (Å²) in [6.45, 7) is 4.03. The molecule has 2 N–H and O–H groups in total. The van der Waals surface area contributed by atoms with Crippen molar-refractivity contribution >= 4 is 17.2 Å². The summed E-state index contributed by atoms with van der Waals surface area (Å²) >= 11 is 1.21. The van der Waals surface area contributed by atoms with Crippen molar-refractivity contribution in [3.05, 3.63) is 23.2 Å². The van der Waals surface area contributed by atoms with Crippen LogP contribution < -0.4 is 5.73 Å². The molecule has 0 bridgehead atoms. The van der Waals surface area contributed by atoms with Gasteiger partial charge in [0, 0.05) is 5.92 Å². The van der Waals surface area contributed by atoms with Gasteiger partial charge in [-0.1, -0.05) is 25.2 Å². The molecule has 0 fully saturated rings. The minimum Gasteiger partial charge on any atom is -0.365 e. The normalized spacial score (nSPS) is 10.9. The lowest BCUT2D eigenvalue weighted by Crippen LogP contribution is -2.08. The van der Waals surface area contributed by atoms with Crippen molar-refractivity contribution in [1.82, 2.24) is 19.7 Å². The third-order valence-corrected chi connectivity index (χ3v) is 3.00. The summed E-state index contributed by atoms with van der Waals surface area (Å²) in [5, 5.41) is 4.69. The SMILES string of the molecule is CC(C)c1ncnn1-c1ncc(C(N)=O)s1. The number of nitrogens with zero attached hydrogens (tertiary/aromatic N) is 4. The molecule has 0 unspecified atom stereocenters. The van der Waals surface area contributed by atoms with E-state index in [4.69, 9.17) is 5.73 Å². The molecule has 0 saturated heterocycles. The Morgan fingerprint density at radius 2 is 2.25 bits per heavy atom. The van der Waals surface area contributed by atoms with E-state index in [0.717, 1.165) is 5.82 Å². The molecule has 2 aromatic heterocycles. The van der Waals surface area contributed by atoms with E-state index in [0.29, 0.717) is 10.0 Å². The van der Waals surface area contributed by atoms with Crippen LogP contribution in [0.2, 0.25) is 0 Å². The number of carbonyl (C=O) groups is 1. The largest absolute Gasteiger partial charge is 0.365 e. The molecule has 1 amide bonds.